The largest absolute Gasteiger partial charge is 0.497 e. The zero-order valence-corrected chi connectivity index (χ0v) is 34.0. The minimum Gasteiger partial charge on any atom is -0.497 e. The topological polar surface area (TPSA) is 156 Å². The Morgan fingerprint density at radius 1 is 0.847 bits per heavy atom. The van der Waals surface area contributed by atoms with E-state index in [1.807, 2.05) is 48.5 Å². The SMILES string of the molecule is CN[C@@H](C)C(=O)N[C@H]1CN(C(=O)CCNC(=O)OCC2c3ccccc3-c3ccccc32)c2ccccc2N(Cc2c(C(=O)OC)ccc3cc(OC)ccc23)C1=O.Cl. The van der Waals surface area contributed by atoms with Gasteiger partial charge in [0.2, 0.25) is 11.8 Å². The molecule has 0 radical (unpaired) electrons. The molecule has 14 heteroatoms. The Kier molecular flexibility index (Phi) is 13.2. The third-order valence-corrected chi connectivity index (χ3v) is 10.8. The van der Waals surface area contributed by atoms with Crippen molar-refractivity contribution in [3.8, 4) is 16.9 Å². The van der Waals surface area contributed by atoms with Crippen LogP contribution in [0.15, 0.2) is 103 Å². The summed E-state index contributed by atoms with van der Waals surface area (Å²) >= 11 is 0. The average Bonchev–Trinajstić information content (AvgIpc) is 3.52. The molecule has 0 saturated heterocycles. The van der Waals surface area contributed by atoms with Crippen molar-refractivity contribution in [3.05, 3.63) is 125 Å². The maximum atomic E-state index is 14.7. The Bertz CT molecular complexity index is 2360. The van der Waals surface area contributed by atoms with Gasteiger partial charge in [0, 0.05) is 18.9 Å². The number of ether oxygens (including phenoxy) is 3. The van der Waals surface area contributed by atoms with E-state index in [-0.39, 0.29) is 56.6 Å². The first-order chi connectivity index (χ1) is 28.1. The van der Waals surface area contributed by atoms with Gasteiger partial charge in [0.25, 0.3) is 5.91 Å². The molecule has 0 bridgehead atoms. The molecule has 5 aromatic rings. The number of para-hydroxylation sites is 2. The van der Waals surface area contributed by atoms with Crippen molar-refractivity contribution in [1.29, 1.82) is 0 Å². The number of amides is 4. The Labute approximate surface area is 348 Å². The molecular weight excluding hydrogens is 774 g/mol. The fourth-order valence-electron chi connectivity index (χ4n) is 7.71. The van der Waals surface area contributed by atoms with E-state index < -0.39 is 41.9 Å². The Morgan fingerprint density at radius 2 is 1.51 bits per heavy atom. The van der Waals surface area contributed by atoms with Gasteiger partial charge in [-0.3, -0.25) is 14.4 Å². The summed E-state index contributed by atoms with van der Waals surface area (Å²) < 4.78 is 16.3. The first-order valence-electron chi connectivity index (χ1n) is 19.1. The number of carbonyl (C=O) groups is 5. The Hall–Kier alpha value is -6.44. The van der Waals surface area contributed by atoms with Crippen LogP contribution in [-0.2, 0) is 30.4 Å². The molecule has 0 spiro atoms. The predicted molar refractivity (Wildman–Crippen MR) is 227 cm³/mol. The van der Waals surface area contributed by atoms with Crippen molar-refractivity contribution in [2.24, 2.45) is 0 Å². The van der Waals surface area contributed by atoms with Gasteiger partial charge in [0.1, 0.15) is 18.4 Å². The van der Waals surface area contributed by atoms with E-state index in [9.17, 15) is 24.0 Å². The van der Waals surface area contributed by atoms with E-state index in [1.54, 1.807) is 63.5 Å². The number of alkyl carbamates (subject to hydrolysis) is 1. The molecule has 2 atom stereocenters. The fourth-order valence-corrected chi connectivity index (χ4v) is 7.71. The highest BCUT2D eigenvalue weighted by molar-refractivity contribution is 6.09. The number of rotatable bonds is 12. The number of hydrogen-bond acceptors (Lipinski definition) is 9. The fraction of sp³-hybridized carbons (Fsp3) is 0.267. The molecule has 1 heterocycles. The van der Waals surface area contributed by atoms with Crippen LogP contribution in [0.5, 0.6) is 5.75 Å². The molecule has 2 aliphatic rings. The first-order valence-corrected chi connectivity index (χ1v) is 19.1. The maximum Gasteiger partial charge on any atom is 0.407 e. The number of nitrogens with zero attached hydrogens (tertiary/aromatic N) is 2. The van der Waals surface area contributed by atoms with Gasteiger partial charge in [0.05, 0.1) is 50.3 Å². The molecule has 0 unspecified atom stereocenters. The van der Waals surface area contributed by atoms with Gasteiger partial charge in [0.15, 0.2) is 0 Å². The van der Waals surface area contributed by atoms with E-state index >= 15 is 0 Å². The number of methoxy groups -OCH3 is 2. The van der Waals surface area contributed by atoms with Crippen LogP contribution in [0.3, 0.4) is 0 Å². The monoisotopic (exact) mass is 819 g/mol. The van der Waals surface area contributed by atoms with Crippen LogP contribution >= 0.6 is 12.4 Å². The van der Waals surface area contributed by atoms with Crippen molar-refractivity contribution in [2.45, 2.75) is 37.9 Å². The van der Waals surface area contributed by atoms with Gasteiger partial charge in [-0.2, -0.15) is 0 Å². The zero-order valence-electron chi connectivity index (χ0n) is 33.2. The molecule has 1 aliphatic carbocycles. The summed E-state index contributed by atoms with van der Waals surface area (Å²) in [4.78, 5) is 71.2. The molecule has 4 amide bonds. The molecule has 0 fully saturated rings. The normalized spacial score (nSPS) is 14.8. The second kappa shape index (κ2) is 18.4. The Balaban J connectivity index is 0.00000585. The second-order valence-corrected chi connectivity index (χ2v) is 14.2. The van der Waals surface area contributed by atoms with Crippen molar-refractivity contribution >= 4 is 64.3 Å². The van der Waals surface area contributed by atoms with Crippen LogP contribution in [0, 0.1) is 0 Å². The van der Waals surface area contributed by atoms with E-state index in [1.165, 1.54) is 16.9 Å². The average molecular weight is 820 g/mol. The molecule has 0 saturated carbocycles. The molecule has 3 N–H and O–H groups in total. The van der Waals surface area contributed by atoms with Crippen LogP contribution < -0.4 is 30.5 Å². The summed E-state index contributed by atoms with van der Waals surface area (Å²) in [6.07, 6.45) is -0.787. The summed E-state index contributed by atoms with van der Waals surface area (Å²) in [5.74, 6) is -1.41. The summed E-state index contributed by atoms with van der Waals surface area (Å²) in [6, 6.07) is 30.1. The number of halogens is 1. The third-order valence-electron chi connectivity index (χ3n) is 10.8. The molecule has 5 aromatic carbocycles. The standard InChI is InChI=1S/C45H45N5O8.ClH/c1-27(46-2)42(52)48-38-25-49(41(51)21-22-47-45(55)58-26-37-33-13-7-5-11-31(33)32-12-6-8-14-34(32)37)39-15-9-10-16-40(39)50(43(38)53)24-36-30-20-18-29(56-3)23-28(30)17-19-35(36)44(54)57-4;/h5-20,23,27,37-38,46H,21-22,24-26H2,1-4H3,(H,47,55)(H,48,52);1H/t27-,38-;/m0./s1. The number of nitrogens with one attached hydrogen (secondary N) is 3. The van der Waals surface area contributed by atoms with Gasteiger partial charge in [-0.1, -0.05) is 72.8 Å². The molecule has 7 rings (SSSR count). The lowest BCUT2D eigenvalue weighted by atomic mass is 9.97. The number of hydrogen-bond donors (Lipinski definition) is 3. The van der Waals surface area contributed by atoms with Gasteiger partial charge in [-0.05, 0) is 82.9 Å². The lowest BCUT2D eigenvalue weighted by Gasteiger charge is -2.27. The van der Waals surface area contributed by atoms with Crippen LogP contribution in [0.2, 0.25) is 0 Å². The molecule has 0 aromatic heterocycles. The number of esters is 1. The highest BCUT2D eigenvalue weighted by Crippen LogP contribution is 2.44. The predicted octanol–water partition coefficient (Wildman–Crippen LogP) is 5.96. The highest BCUT2D eigenvalue weighted by atomic mass is 35.5. The van der Waals surface area contributed by atoms with Gasteiger partial charge < -0.3 is 40.0 Å². The van der Waals surface area contributed by atoms with Crippen molar-refractivity contribution < 1.29 is 38.2 Å². The number of likely N-dealkylation sites (N-methyl/N-ethyl adjacent to an activating group) is 1. The zero-order chi connectivity index (χ0) is 40.9. The molecule has 59 heavy (non-hydrogen) atoms. The lowest BCUT2D eigenvalue weighted by Crippen LogP contribution is -2.56. The number of benzene rings is 5. The minimum atomic E-state index is -1.17. The molecule has 1 aliphatic heterocycles. The minimum absolute atomic E-state index is 0. The Morgan fingerprint density at radius 3 is 2.17 bits per heavy atom. The maximum absolute atomic E-state index is 14.7. The number of fused-ring (bicyclic) bond motifs is 5. The summed E-state index contributed by atoms with van der Waals surface area (Å²) in [6.45, 7) is 1.47. The van der Waals surface area contributed by atoms with Crippen LogP contribution in [0.25, 0.3) is 21.9 Å². The number of anilines is 2. The van der Waals surface area contributed by atoms with Crippen molar-refractivity contribution in [3.63, 3.8) is 0 Å². The van der Waals surface area contributed by atoms with Gasteiger partial charge in [-0.15, -0.1) is 12.4 Å². The smallest absolute Gasteiger partial charge is 0.407 e. The highest BCUT2D eigenvalue weighted by Gasteiger charge is 2.38. The lowest BCUT2D eigenvalue weighted by molar-refractivity contribution is -0.128. The van der Waals surface area contributed by atoms with E-state index in [4.69, 9.17) is 14.2 Å². The first kappa shape index (κ1) is 42.2. The van der Waals surface area contributed by atoms with E-state index in [2.05, 4.69) is 28.1 Å². The molecule has 306 valence electrons. The summed E-state index contributed by atoms with van der Waals surface area (Å²) in [5, 5.41) is 9.90. The van der Waals surface area contributed by atoms with Gasteiger partial charge in [-0.25, -0.2) is 9.59 Å². The van der Waals surface area contributed by atoms with E-state index in [0.29, 0.717) is 28.1 Å². The van der Waals surface area contributed by atoms with Crippen molar-refractivity contribution in [1.82, 2.24) is 16.0 Å². The van der Waals surface area contributed by atoms with Crippen molar-refractivity contribution in [2.75, 3.05) is 50.8 Å². The second-order valence-electron chi connectivity index (χ2n) is 14.2. The molecule has 13 nitrogen and oxygen atoms in total. The summed E-state index contributed by atoms with van der Waals surface area (Å²) in [7, 11) is 4.48. The third kappa shape index (κ3) is 8.57. The quantitative estimate of drug-likeness (QED) is 0.129. The van der Waals surface area contributed by atoms with Crippen LogP contribution in [-0.4, -0.2) is 82.8 Å². The van der Waals surface area contributed by atoms with E-state index in [0.717, 1.165) is 27.6 Å². The van der Waals surface area contributed by atoms with Crippen LogP contribution in [0.1, 0.15) is 46.3 Å². The van der Waals surface area contributed by atoms with Crippen LogP contribution in [0.4, 0.5) is 16.2 Å². The molecular formula is C45H46ClN5O8. The number of carbonyl (C=O) groups excluding carboxylic acids is 5. The van der Waals surface area contributed by atoms with Gasteiger partial charge >= 0.3 is 12.1 Å². The summed E-state index contributed by atoms with van der Waals surface area (Å²) in [5.41, 5.74) is 5.98.